The lowest BCUT2D eigenvalue weighted by molar-refractivity contribution is -0.139. The van der Waals surface area contributed by atoms with E-state index in [1.807, 2.05) is 0 Å². The van der Waals surface area contributed by atoms with Crippen molar-refractivity contribution < 1.29 is 9.90 Å². The number of nitrogens with one attached hydrogen (secondary N) is 1. The number of aryl methyl sites for hydroxylation is 1. The van der Waals surface area contributed by atoms with Crippen molar-refractivity contribution >= 4 is 29.1 Å². The van der Waals surface area contributed by atoms with Gasteiger partial charge in [0.05, 0.1) is 6.04 Å². The molecule has 0 amide bonds. The van der Waals surface area contributed by atoms with Crippen LogP contribution in [0.15, 0.2) is 12.1 Å². The molecule has 0 aliphatic carbocycles. The Morgan fingerprint density at radius 2 is 2.38 bits per heavy atom. The summed E-state index contributed by atoms with van der Waals surface area (Å²) < 4.78 is 0. The maximum atomic E-state index is 10.9. The van der Waals surface area contributed by atoms with E-state index < -0.39 is 12.0 Å². The zero-order valence-corrected chi connectivity index (χ0v) is 10.7. The number of thiophene rings is 1. The minimum atomic E-state index is -0.746. The third kappa shape index (κ3) is 2.59. The van der Waals surface area contributed by atoms with Gasteiger partial charge in [-0.2, -0.15) is 11.8 Å². The van der Waals surface area contributed by atoms with Gasteiger partial charge < -0.3 is 5.11 Å². The van der Waals surface area contributed by atoms with Crippen LogP contribution in [0.25, 0.3) is 0 Å². The molecule has 88 valence electrons. The molecule has 0 radical (unpaired) electrons. The van der Waals surface area contributed by atoms with Crippen LogP contribution in [-0.4, -0.2) is 28.6 Å². The molecule has 3 nitrogen and oxygen atoms in total. The van der Waals surface area contributed by atoms with Crippen LogP contribution in [0.2, 0.25) is 0 Å². The van der Waals surface area contributed by atoms with Gasteiger partial charge >= 0.3 is 5.97 Å². The van der Waals surface area contributed by atoms with Gasteiger partial charge in [-0.3, -0.25) is 10.1 Å². The summed E-state index contributed by atoms with van der Waals surface area (Å²) in [4.78, 5) is 13.5. The van der Waals surface area contributed by atoms with Crippen molar-refractivity contribution in [3.63, 3.8) is 0 Å². The van der Waals surface area contributed by atoms with Crippen molar-refractivity contribution in [1.82, 2.24) is 5.32 Å². The molecule has 2 heterocycles. The highest BCUT2D eigenvalue weighted by molar-refractivity contribution is 7.99. The van der Waals surface area contributed by atoms with E-state index in [4.69, 9.17) is 5.11 Å². The van der Waals surface area contributed by atoms with Gasteiger partial charge in [0.2, 0.25) is 0 Å². The zero-order valence-electron chi connectivity index (χ0n) is 9.10. The second-order valence-electron chi connectivity index (χ2n) is 3.81. The van der Waals surface area contributed by atoms with Gasteiger partial charge in [0.25, 0.3) is 0 Å². The largest absolute Gasteiger partial charge is 0.480 e. The summed E-state index contributed by atoms with van der Waals surface area (Å²) >= 11 is 3.50. The molecular weight excluding hydrogens is 242 g/mol. The Morgan fingerprint density at radius 3 is 3.00 bits per heavy atom. The molecule has 2 unspecified atom stereocenters. The molecule has 0 bridgehead atoms. The monoisotopic (exact) mass is 257 g/mol. The normalized spacial score (nSPS) is 25.6. The van der Waals surface area contributed by atoms with E-state index in [0.29, 0.717) is 5.75 Å². The number of hydrogen-bond donors (Lipinski definition) is 2. The summed E-state index contributed by atoms with van der Waals surface area (Å²) in [6.45, 7) is 2.14. The number of carboxylic acids is 1. The number of carbonyl (C=O) groups is 1. The summed E-state index contributed by atoms with van der Waals surface area (Å²) in [5.74, 6) is 0.884. The first kappa shape index (κ1) is 12.0. The van der Waals surface area contributed by atoms with Crippen LogP contribution in [0.5, 0.6) is 0 Å². The van der Waals surface area contributed by atoms with Gasteiger partial charge in [-0.05, 0) is 18.6 Å². The molecule has 1 fully saturated rings. The predicted octanol–water partition coefficient (Wildman–Crippen LogP) is 2.14. The van der Waals surface area contributed by atoms with Gasteiger partial charge in [0, 0.05) is 21.3 Å². The van der Waals surface area contributed by atoms with Gasteiger partial charge in [0.15, 0.2) is 0 Å². The number of thioether (sulfide) groups is 1. The predicted molar refractivity (Wildman–Crippen MR) is 68.3 cm³/mol. The Kier molecular flexibility index (Phi) is 3.89. The van der Waals surface area contributed by atoms with Crippen LogP contribution >= 0.6 is 23.1 Å². The Hall–Kier alpha value is -0.520. The lowest BCUT2D eigenvalue weighted by Gasteiger charge is -2.27. The summed E-state index contributed by atoms with van der Waals surface area (Å²) in [7, 11) is 0. The van der Waals surface area contributed by atoms with Crippen LogP contribution in [0.1, 0.15) is 22.7 Å². The molecule has 0 aromatic carbocycles. The van der Waals surface area contributed by atoms with Crippen LogP contribution in [-0.2, 0) is 11.2 Å². The first-order valence-electron chi connectivity index (χ1n) is 5.36. The molecule has 1 aliphatic heterocycles. The maximum Gasteiger partial charge on any atom is 0.321 e. The highest BCUT2D eigenvalue weighted by atomic mass is 32.2. The van der Waals surface area contributed by atoms with Gasteiger partial charge in [-0.25, -0.2) is 0 Å². The van der Waals surface area contributed by atoms with Crippen LogP contribution < -0.4 is 5.32 Å². The van der Waals surface area contributed by atoms with Gasteiger partial charge in [0.1, 0.15) is 6.04 Å². The molecule has 5 heteroatoms. The third-order valence-corrected chi connectivity index (χ3v) is 5.13. The summed E-state index contributed by atoms with van der Waals surface area (Å²) in [6.07, 6.45) is 1.05. The lowest BCUT2D eigenvalue weighted by Crippen LogP contribution is -2.45. The Labute approximate surface area is 103 Å². The molecule has 16 heavy (non-hydrogen) atoms. The fourth-order valence-electron chi connectivity index (χ4n) is 1.72. The maximum absolute atomic E-state index is 10.9. The standard InChI is InChI=1S/C11H15NO2S2/c1-2-7-3-4-10(16-7)8-5-15-6-9(12-8)11(13)14/h3-4,8-9,12H,2,5-6H2,1H3,(H,13,14). The fourth-order valence-corrected chi connectivity index (χ4v) is 3.96. The second kappa shape index (κ2) is 5.21. The molecule has 0 saturated carbocycles. The van der Waals surface area contributed by atoms with Crippen LogP contribution in [0.3, 0.4) is 0 Å². The molecular formula is C11H15NO2S2. The van der Waals surface area contributed by atoms with Crippen molar-refractivity contribution in [1.29, 1.82) is 0 Å². The molecule has 2 rings (SSSR count). The second-order valence-corrected chi connectivity index (χ2v) is 6.08. The average molecular weight is 257 g/mol. The van der Waals surface area contributed by atoms with E-state index in [9.17, 15) is 4.79 Å². The van der Waals surface area contributed by atoms with Crippen molar-refractivity contribution in [3.8, 4) is 0 Å². The highest BCUT2D eigenvalue weighted by Gasteiger charge is 2.27. The van der Waals surface area contributed by atoms with E-state index in [1.165, 1.54) is 9.75 Å². The van der Waals surface area contributed by atoms with Crippen LogP contribution in [0.4, 0.5) is 0 Å². The lowest BCUT2D eigenvalue weighted by atomic mass is 10.2. The number of carboxylic acid groups (broad SMARTS) is 1. The number of aliphatic carboxylic acids is 1. The van der Waals surface area contributed by atoms with Crippen molar-refractivity contribution in [2.45, 2.75) is 25.4 Å². The van der Waals surface area contributed by atoms with Gasteiger partial charge in [-0.15, -0.1) is 11.3 Å². The smallest absolute Gasteiger partial charge is 0.321 e. The topological polar surface area (TPSA) is 49.3 Å². The molecule has 1 aliphatic rings. The molecule has 1 aromatic heterocycles. The Morgan fingerprint density at radius 1 is 1.56 bits per heavy atom. The van der Waals surface area contributed by atoms with Crippen molar-refractivity contribution in [2.75, 3.05) is 11.5 Å². The average Bonchev–Trinajstić information content (AvgIpc) is 2.77. The zero-order chi connectivity index (χ0) is 11.5. The summed E-state index contributed by atoms with van der Waals surface area (Å²) in [5.41, 5.74) is 0. The molecule has 1 saturated heterocycles. The van der Waals surface area contributed by atoms with Crippen molar-refractivity contribution in [2.24, 2.45) is 0 Å². The fraction of sp³-hybridized carbons (Fsp3) is 0.545. The third-order valence-electron chi connectivity index (χ3n) is 2.64. The van der Waals surface area contributed by atoms with E-state index in [1.54, 1.807) is 23.1 Å². The minimum Gasteiger partial charge on any atom is -0.480 e. The summed E-state index contributed by atoms with van der Waals surface area (Å²) in [6, 6.07) is 4.05. The van der Waals surface area contributed by atoms with Crippen LogP contribution in [0, 0.1) is 0 Å². The Bertz CT molecular complexity index is 378. The van der Waals surface area contributed by atoms with Crippen molar-refractivity contribution in [3.05, 3.63) is 21.9 Å². The van der Waals surface area contributed by atoms with E-state index in [-0.39, 0.29) is 6.04 Å². The molecule has 2 N–H and O–H groups in total. The minimum absolute atomic E-state index is 0.199. The number of rotatable bonds is 3. The van der Waals surface area contributed by atoms with Gasteiger partial charge in [-0.1, -0.05) is 6.92 Å². The van der Waals surface area contributed by atoms with E-state index >= 15 is 0 Å². The number of hydrogen-bond acceptors (Lipinski definition) is 4. The van der Waals surface area contributed by atoms with E-state index in [0.717, 1.165) is 12.2 Å². The van der Waals surface area contributed by atoms with E-state index in [2.05, 4.69) is 24.4 Å². The highest BCUT2D eigenvalue weighted by Crippen LogP contribution is 2.29. The quantitative estimate of drug-likeness (QED) is 0.871. The SMILES string of the molecule is CCc1ccc(C2CSCC(C(=O)O)N2)s1. The first-order valence-corrected chi connectivity index (χ1v) is 7.33. The summed E-state index contributed by atoms with van der Waals surface area (Å²) in [5, 5.41) is 12.2. The molecule has 1 aromatic rings. The molecule has 2 atom stereocenters. The first-order chi connectivity index (χ1) is 7.70. The molecule has 0 spiro atoms. The Balaban J connectivity index is 2.06.